The van der Waals surface area contributed by atoms with Crippen LogP contribution in [0.4, 0.5) is 0 Å². The summed E-state index contributed by atoms with van der Waals surface area (Å²) in [6.45, 7) is 8.23. The Labute approximate surface area is 90.6 Å². The van der Waals surface area contributed by atoms with Crippen molar-refractivity contribution in [3.05, 3.63) is 0 Å². The van der Waals surface area contributed by atoms with Gasteiger partial charge in [0.2, 0.25) is 0 Å². The lowest BCUT2D eigenvalue weighted by atomic mass is 10.3. The summed E-state index contributed by atoms with van der Waals surface area (Å²) in [5.74, 6) is -0.738. The third kappa shape index (κ3) is 5.11. The monoisotopic (exact) mass is 216 g/mol. The highest BCUT2D eigenvalue weighted by atomic mass is 16.5. The van der Waals surface area contributed by atoms with E-state index in [1.165, 1.54) is 0 Å². The number of rotatable bonds is 6. The molecule has 1 aliphatic rings. The lowest BCUT2D eigenvalue weighted by Gasteiger charge is -2.33. The van der Waals surface area contributed by atoms with E-state index in [0.29, 0.717) is 0 Å². The van der Waals surface area contributed by atoms with Gasteiger partial charge in [0.1, 0.15) is 0 Å². The fraction of sp³-hybridized carbons (Fsp3) is 0.900. The zero-order valence-electron chi connectivity index (χ0n) is 9.31. The van der Waals surface area contributed by atoms with Crippen LogP contribution >= 0.6 is 0 Å². The van der Waals surface area contributed by atoms with Crippen LogP contribution in [0, 0.1) is 0 Å². The van der Waals surface area contributed by atoms with Crippen LogP contribution in [0.5, 0.6) is 0 Å². The van der Waals surface area contributed by atoms with E-state index < -0.39 is 5.97 Å². The first-order valence-corrected chi connectivity index (χ1v) is 5.46. The molecule has 1 aliphatic heterocycles. The molecule has 0 aromatic carbocycles. The van der Waals surface area contributed by atoms with Gasteiger partial charge in [0, 0.05) is 39.3 Å². The normalized spacial score (nSPS) is 19.3. The first-order valence-electron chi connectivity index (χ1n) is 5.46. The summed E-state index contributed by atoms with van der Waals surface area (Å²) in [7, 11) is 0. The van der Waals surface area contributed by atoms with Crippen molar-refractivity contribution >= 4 is 5.97 Å². The van der Waals surface area contributed by atoms with Gasteiger partial charge < -0.3 is 9.84 Å². The lowest BCUT2D eigenvalue weighted by molar-refractivity contribution is -0.138. The van der Waals surface area contributed by atoms with E-state index in [2.05, 4.69) is 4.90 Å². The molecule has 15 heavy (non-hydrogen) atoms. The number of hydrogen-bond donors (Lipinski definition) is 1. The molecular weight excluding hydrogens is 196 g/mol. The van der Waals surface area contributed by atoms with Gasteiger partial charge in [-0.3, -0.25) is 14.6 Å². The molecule has 1 heterocycles. The van der Waals surface area contributed by atoms with Gasteiger partial charge in [0.15, 0.2) is 0 Å². The number of piperazine rings is 1. The van der Waals surface area contributed by atoms with Gasteiger partial charge in [0.25, 0.3) is 0 Å². The van der Waals surface area contributed by atoms with Gasteiger partial charge >= 0.3 is 5.97 Å². The van der Waals surface area contributed by atoms with E-state index in [-0.39, 0.29) is 6.54 Å². The Morgan fingerprint density at radius 2 is 1.87 bits per heavy atom. The van der Waals surface area contributed by atoms with Crippen LogP contribution in [-0.2, 0) is 9.53 Å². The Morgan fingerprint density at radius 1 is 1.27 bits per heavy atom. The molecule has 0 aromatic rings. The van der Waals surface area contributed by atoms with Crippen LogP contribution in [0.3, 0.4) is 0 Å². The minimum absolute atomic E-state index is 0.166. The molecule has 0 bridgehead atoms. The minimum atomic E-state index is -0.738. The van der Waals surface area contributed by atoms with Gasteiger partial charge in [-0.05, 0) is 6.92 Å². The van der Waals surface area contributed by atoms with Crippen molar-refractivity contribution in [2.24, 2.45) is 0 Å². The van der Waals surface area contributed by atoms with Crippen LogP contribution in [0.15, 0.2) is 0 Å². The molecule has 0 unspecified atom stereocenters. The van der Waals surface area contributed by atoms with Crippen molar-refractivity contribution in [3.63, 3.8) is 0 Å². The molecular formula is C10H20N2O3. The SMILES string of the molecule is CCOCCN1CCN(CC(=O)O)CC1. The topological polar surface area (TPSA) is 53.0 Å². The van der Waals surface area contributed by atoms with Crippen molar-refractivity contribution in [2.45, 2.75) is 6.92 Å². The third-order valence-electron chi connectivity index (χ3n) is 2.58. The lowest BCUT2D eigenvalue weighted by Crippen LogP contribution is -2.48. The highest BCUT2D eigenvalue weighted by molar-refractivity contribution is 5.69. The van der Waals surface area contributed by atoms with E-state index in [4.69, 9.17) is 9.84 Å². The molecule has 1 saturated heterocycles. The van der Waals surface area contributed by atoms with E-state index in [1.54, 1.807) is 0 Å². The quantitative estimate of drug-likeness (QED) is 0.619. The van der Waals surface area contributed by atoms with E-state index in [9.17, 15) is 4.79 Å². The highest BCUT2D eigenvalue weighted by Gasteiger charge is 2.17. The van der Waals surface area contributed by atoms with E-state index in [0.717, 1.165) is 45.9 Å². The zero-order chi connectivity index (χ0) is 11.1. The van der Waals surface area contributed by atoms with Crippen molar-refractivity contribution < 1.29 is 14.6 Å². The molecule has 0 saturated carbocycles. The van der Waals surface area contributed by atoms with Gasteiger partial charge in [0.05, 0.1) is 13.2 Å². The summed E-state index contributed by atoms with van der Waals surface area (Å²) in [4.78, 5) is 14.8. The summed E-state index contributed by atoms with van der Waals surface area (Å²) in [5.41, 5.74) is 0. The number of carboxylic acids is 1. The third-order valence-corrected chi connectivity index (χ3v) is 2.58. The number of carboxylic acid groups (broad SMARTS) is 1. The highest BCUT2D eigenvalue weighted by Crippen LogP contribution is 2.00. The molecule has 0 aliphatic carbocycles. The second-order valence-electron chi connectivity index (χ2n) is 3.71. The Kier molecular flexibility index (Phi) is 5.60. The van der Waals surface area contributed by atoms with Gasteiger partial charge in [-0.15, -0.1) is 0 Å². The van der Waals surface area contributed by atoms with Crippen LogP contribution in [0.25, 0.3) is 0 Å². The summed E-state index contributed by atoms with van der Waals surface area (Å²) >= 11 is 0. The predicted octanol–water partition coefficient (Wildman–Crippen LogP) is -0.275. The zero-order valence-corrected chi connectivity index (χ0v) is 9.31. The van der Waals surface area contributed by atoms with Crippen LogP contribution < -0.4 is 0 Å². The molecule has 0 amide bonds. The Balaban J connectivity index is 2.10. The van der Waals surface area contributed by atoms with Crippen LogP contribution in [0.2, 0.25) is 0 Å². The Morgan fingerprint density at radius 3 is 2.40 bits per heavy atom. The first-order chi connectivity index (χ1) is 7.22. The molecule has 1 fully saturated rings. The maximum Gasteiger partial charge on any atom is 0.317 e. The average molecular weight is 216 g/mol. The molecule has 0 radical (unpaired) electrons. The predicted molar refractivity (Wildman–Crippen MR) is 57.0 cm³/mol. The van der Waals surface area contributed by atoms with Gasteiger partial charge in [-0.2, -0.15) is 0 Å². The first kappa shape index (κ1) is 12.4. The number of ether oxygens (including phenoxy) is 1. The molecule has 1 N–H and O–H groups in total. The fourth-order valence-corrected chi connectivity index (χ4v) is 1.70. The smallest absolute Gasteiger partial charge is 0.317 e. The van der Waals surface area contributed by atoms with Crippen molar-refractivity contribution in [2.75, 3.05) is 52.5 Å². The number of nitrogens with zero attached hydrogens (tertiary/aromatic N) is 2. The van der Waals surface area contributed by atoms with Crippen molar-refractivity contribution in [1.29, 1.82) is 0 Å². The molecule has 0 atom stereocenters. The Bertz CT molecular complexity index is 191. The van der Waals surface area contributed by atoms with Gasteiger partial charge in [-0.1, -0.05) is 0 Å². The molecule has 1 rings (SSSR count). The molecule has 88 valence electrons. The van der Waals surface area contributed by atoms with Crippen molar-refractivity contribution in [3.8, 4) is 0 Å². The number of aliphatic carboxylic acids is 1. The van der Waals surface area contributed by atoms with Crippen molar-refractivity contribution in [1.82, 2.24) is 9.80 Å². The summed E-state index contributed by atoms with van der Waals surface area (Å²) < 4.78 is 5.28. The second-order valence-corrected chi connectivity index (χ2v) is 3.71. The standard InChI is InChI=1S/C10H20N2O3/c1-2-15-8-7-11-3-5-12(6-4-11)9-10(13)14/h2-9H2,1H3,(H,13,14). The number of carbonyl (C=O) groups is 1. The largest absolute Gasteiger partial charge is 0.480 e. The molecule has 5 heteroatoms. The Hall–Kier alpha value is -0.650. The summed E-state index contributed by atoms with van der Waals surface area (Å²) in [6, 6.07) is 0. The maximum atomic E-state index is 10.5. The van der Waals surface area contributed by atoms with E-state index in [1.807, 2.05) is 11.8 Å². The average Bonchev–Trinajstić information content (AvgIpc) is 2.20. The second kappa shape index (κ2) is 6.76. The van der Waals surface area contributed by atoms with Crippen LogP contribution in [0.1, 0.15) is 6.92 Å². The minimum Gasteiger partial charge on any atom is -0.480 e. The summed E-state index contributed by atoms with van der Waals surface area (Å²) in [5, 5.41) is 8.63. The molecule has 0 spiro atoms. The fourth-order valence-electron chi connectivity index (χ4n) is 1.70. The van der Waals surface area contributed by atoms with Crippen LogP contribution in [-0.4, -0.2) is 73.4 Å². The summed E-state index contributed by atoms with van der Waals surface area (Å²) in [6.07, 6.45) is 0. The van der Waals surface area contributed by atoms with Gasteiger partial charge in [-0.25, -0.2) is 0 Å². The maximum absolute atomic E-state index is 10.5. The number of hydrogen-bond acceptors (Lipinski definition) is 4. The van der Waals surface area contributed by atoms with E-state index >= 15 is 0 Å². The molecule has 5 nitrogen and oxygen atoms in total. The molecule has 0 aromatic heterocycles.